The van der Waals surface area contributed by atoms with Crippen molar-refractivity contribution >= 4 is 28.4 Å². The van der Waals surface area contributed by atoms with E-state index in [-0.39, 0.29) is 5.56 Å². The molecule has 2 heterocycles. The van der Waals surface area contributed by atoms with Crippen LogP contribution in [0.25, 0.3) is 16.7 Å². The van der Waals surface area contributed by atoms with Crippen molar-refractivity contribution in [3.8, 4) is 0 Å². The average molecular weight is 427 g/mol. The van der Waals surface area contributed by atoms with Gasteiger partial charge in [0.05, 0.1) is 17.4 Å². The zero-order chi connectivity index (χ0) is 21.4. The van der Waals surface area contributed by atoms with Crippen LogP contribution in [0, 0.1) is 13.8 Å². The molecule has 3 aromatic carbocycles. The molecule has 0 spiro atoms. The summed E-state index contributed by atoms with van der Waals surface area (Å²) in [6.07, 6.45) is 0. The summed E-state index contributed by atoms with van der Waals surface area (Å²) in [6, 6.07) is 24.3. The molecule has 0 aliphatic carbocycles. The lowest BCUT2D eigenvalue weighted by Gasteiger charge is -2.12. The van der Waals surface area contributed by atoms with Gasteiger partial charge in [-0.2, -0.15) is 0 Å². The third-order valence-corrected chi connectivity index (χ3v) is 6.54. The predicted molar refractivity (Wildman–Crippen MR) is 126 cm³/mol. The molecule has 5 aromatic rings. The fourth-order valence-electron chi connectivity index (χ4n) is 3.76. The van der Waals surface area contributed by atoms with Crippen molar-refractivity contribution in [3.63, 3.8) is 0 Å². The number of fused-ring (bicyclic) bond motifs is 3. The monoisotopic (exact) mass is 426 g/mol. The van der Waals surface area contributed by atoms with Gasteiger partial charge < -0.3 is 0 Å². The molecule has 5 nitrogen and oxygen atoms in total. The van der Waals surface area contributed by atoms with Crippen LogP contribution >= 0.6 is 11.8 Å². The maximum Gasteiger partial charge on any atom is 0.263 e. The third-order valence-electron chi connectivity index (χ3n) is 5.56. The Kier molecular flexibility index (Phi) is 5.08. The minimum atomic E-state index is -0.0495. The number of aromatic nitrogens is 4. The number of para-hydroxylation sites is 1. The van der Waals surface area contributed by atoms with Crippen molar-refractivity contribution in [2.24, 2.45) is 0 Å². The van der Waals surface area contributed by atoms with E-state index in [2.05, 4.69) is 66.5 Å². The Morgan fingerprint density at radius 3 is 2.42 bits per heavy atom. The number of rotatable bonds is 5. The average Bonchev–Trinajstić information content (AvgIpc) is 3.21. The Morgan fingerprint density at radius 1 is 0.871 bits per heavy atom. The second-order valence-electron chi connectivity index (χ2n) is 7.73. The van der Waals surface area contributed by atoms with E-state index in [9.17, 15) is 4.79 Å². The zero-order valence-corrected chi connectivity index (χ0v) is 18.3. The van der Waals surface area contributed by atoms with Crippen LogP contribution < -0.4 is 5.56 Å². The zero-order valence-electron chi connectivity index (χ0n) is 17.4. The molecule has 0 saturated heterocycles. The van der Waals surface area contributed by atoms with Gasteiger partial charge in [-0.25, -0.2) is 0 Å². The molecule has 0 aliphatic heterocycles. The van der Waals surface area contributed by atoms with Gasteiger partial charge in [0.2, 0.25) is 5.78 Å². The highest BCUT2D eigenvalue weighted by Gasteiger charge is 2.17. The number of thioether (sulfide) groups is 1. The van der Waals surface area contributed by atoms with Crippen molar-refractivity contribution in [1.82, 2.24) is 19.2 Å². The fourth-order valence-corrected chi connectivity index (χ4v) is 4.78. The van der Waals surface area contributed by atoms with Gasteiger partial charge in [0.15, 0.2) is 5.16 Å². The van der Waals surface area contributed by atoms with Crippen LogP contribution in [-0.2, 0) is 12.3 Å². The van der Waals surface area contributed by atoms with Crippen LogP contribution in [0.3, 0.4) is 0 Å². The Hall–Kier alpha value is -3.38. The van der Waals surface area contributed by atoms with Crippen molar-refractivity contribution in [2.45, 2.75) is 31.3 Å². The summed E-state index contributed by atoms with van der Waals surface area (Å²) in [6.45, 7) is 4.63. The summed E-state index contributed by atoms with van der Waals surface area (Å²) in [7, 11) is 0. The first-order valence-corrected chi connectivity index (χ1v) is 11.2. The van der Waals surface area contributed by atoms with Crippen LogP contribution in [0.4, 0.5) is 0 Å². The van der Waals surface area contributed by atoms with E-state index in [1.807, 2.05) is 34.7 Å². The maximum atomic E-state index is 13.3. The van der Waals surface area contributed by atoms with Crippen LogP contribution in [0.15, 0.2) is 82.7 Å². The molecule has 6 heteroatoms. The molecular formula is C25H22N4OS. The first-order chi connectivity index (χ1) is 15.1. The van der Waals surface area contributed by atoms with E-state index in [0.29, 0.717) is 17.7 Å². The number of benzene rings is 3. The number of aryl methyl sites for hydroxylation is 2. The van der Waals surface area contributed by atoms with Gasteiger partial charge in [0.1, 0.15) is 0 Å². The second kappa shape index (κ2) is 8.04. The molecule has 0 saturated carbocycles. The van der Waals surface area contributed by atoms with Crippen molar-refractivity contribution in [1.29, 1.82) is 0 Å². The Balaban J connectivity index is 1.64. The van der Waals surface area contributed by atoms with Gasteiger partial charge >= 0.3 is 0 Å². The Morgan fingerprint density at radius 2 is 1.61 bits per heavy atom. The molecule has 0 radical (unpaired) electrons. The standard InChI is InChI=1S/C25H22N4OS/c1-17-11-13-19(14-12-17)15-28-23(30)21-9-5-6-10-22(21)29-24(28)26-27-25(29)31-16-20-8-4-3-7-18(20)2/h3-14H,15-16H2,1-2H3. The molecule has 0 unspecified atom stereocenters. The minimum Gasteiger partial charge on any atom is -0.272 e. The lowest BCUT2D eigenvalue weighted by molar-refractivity contribution is 0.763. The van der Waals surface area contributed by atoms with Crippen molar-refractivity contribution in [3.05, 3.63) is 105 Å². The normalized spacial score (nSPS) is 11.4. The van der Waals surface area contributed by atoms with Crippen LogP contribution in [-0.4, -0.2) is 19.2 Å². The molecule has 0 atom stereocenters. The summed E-state index contributed by atoms with van der Waals surface area (Å²) in [5, 5.41) is 10.3. The van der Waals surface area contributed by atoms with Gasteiger partial charge in [0.25, 0.3) is 5.56 Å². The van der Waals surface area contributed by atoms with E-state index >= 15 is 0 Å². The van der Waals surface area contributed by atoms with Gasteiger partial charge in [-0.05, 0) is 42.7 Å². The number of hydrogen-bond donors (Lipinski definition) is 0. The van der Waals surface area contributed by atoms with E-state index in [1.165, 1.54) is 16.7 Å². The molecule has 0 amide bonds. The highest BCUT2D eigenvalue weighted by molar-refractivity contribution is 7.98. The van der Waals surface area contributed by atoms with E-state index < -0.39 is 0 Å². The molecule has 154 valence electrons. The fraction of sp³-hybridized carbons (Fsp3) is 0.160. The summed E-state index contributed by atoms with van der Waals surface area (Å²) in [4.78, 5) is 13.3. The van der Waals surface area contributed by atoms with Gasteiger partial charge in [0, 0.05) is 5.75 Å². The number of hydrogen-bond acceptors (Lipinski definition) is 4. The molecule has 31 heavy (non-hydrogen) atoms. The van der Waals surface area contributed by atoms with Gasteiger partial charge in [-0.3, -0.25) is 13.8 Å². The van der Waals surface area contributed by atoms with E-state index in [1.54, 1.807) is 16.3 Å². The predicted octanol–water partition coefficient (Wildman–Crippen LogP) is 5.00. The maximum absolute atomic E-state index is 13.3. The Labute approximate surface area is 184 Å². The van der Waals surface area contributed by atoms with Gasteiger partial charge in [-0.15, -0.1) is 10.2 Å². The quantitative estimate of drug-likeness (QED) is 0.371. The van der Waals surface area contributed by atoms with Crippen molar-refractivity contribution < 1.29 is 0 Å². The topological polar surface area (TPSA) is 52.2 Å². The second-order valence-corrected chi connectivity index (χ2v) is 8.67. The molecule has 5 rings (SSSR count). The first-order valence-electron chi connectivity index (χ1n) is 10.2. The SMILES string of the molecule is Cc1ccc(Cn2c(=O)c3ccccc3n3c(SCc4ccccc4C)nnc23)cc1. The van der Waals surface area contributed by atoms with Crippen molar-refractivity contribution in [2.75, 3.05) is 0 Å². The molecular weight excluding hydrogens is 404 g/mol. The smallest absolute Gasteiger partial charge is 0.263 e. The lowest BCUT2D eigenvalue weighted by Crippen LogP contribution is -2.24. The molecule has 0 fully saturated rings. The number of nitrogens with zero attached hydrogens (tertiary/aromatic N) is 4. The summed E-state index contributed by atoms with van der Waals surface area (Å²) >= 11 is 1.64. The van der Waals surface area contributed by atoms with Gasteiger partial charge in [-0.1, -0.05) is 78.0 Å². The third kappa shape index (κ3) is 3.64. The van der Waals surface area contributed by atoms with E-state index in [0.717, 1.165) is 22.0 Å². The molecule has 0 bridgehead atoms. The minimum absolute atomic E-state index is 0.0495. The molecule has 2 aromatic heterocycles. The molecule has 0 aliphatic rings. The van der Waals surface area contributed by atoms with E-state index in [4.69, 9.17) is 0 Å². The first kappa shape index (κ1) is 19.6. The van der Waals surface area contributed by atoms with Crippen LogP contribution in [0.1, 0.15) is 22.3 Å². The summed E-state index contributed by atoms with van der Waals surface area (Å²) < 4.78 is 3.73. The summed E-state index contributed by atoms with van der Waals surface area (Å²) in [5.41, 5.74) is 5.55. The lowest BCUT2D eigenvalue weighted by atomic mass is 10.1. The summed E-state index contributed by atoms with van der Waals surface area (Å²) in [5.74, 6) is 1.36. The van der Waals surface area contributed by atoms with Crippen LogP contribution in [0.5, 0.6) is 0 Å². The largest absolute Gasteiger partial charge is 0.272 e. The highest BCUT2D eigenvalue weighted by atomic mass is 32.2. The highest BCUT2D eigenvalue weighted by Crippen LogP contribution is 2.26. The Bertz CT molecular complexity index is 1450. The molecule has 0 N–H and O–H groups in total. The van der Waals surface area contributed by atoms with Crippen LogP contribution in [0.2, 0.25) is 0 Å².